The lowest BCUT2D eigenvalue weighted by Gasteiger charge is -2.45. The molecule has 11 heteroatoms. The zero-order valence-corrected chi connectivity index (χ0v) is 21.4. The van der Waals surface area contributed by atoms with Crippen LogP contribution in [0.5, 0.6) is 5.75 Å². The highest BCUT2D eigenvalue weighted by Crippen LogP contribution is 2.38. The van der Waals surface area contributed by atoms with E-state index in [0.717, 1.165) is 59.5 Å². The van der Waals surface area contributed by atoms with Crippen LogP contribution in [0, 0.1) is 0 Å². The average molecular weight is 519 g/mol. The summed E-state index contributed by atoms with van der Waals surface area (Å²) in [5.74, 6) is 2.48. The third-order valence-electron chi connectivity index (χ3n) is 7.67. The molecule has 1 N–H and O–H groups in total. The highest BCUT2D eigenvalue weighted by Gasteiger charge is 2.34. The molecule has 1 unspecified atom stereocenters. The highest BCUT2D eigenvalue weighted by molar-refractivity contribution is 5.86. The molecule has 0 spiro atoms. The van der Waals surface area contributed by atoms with E-state index in [2.05, 4.69) is 71.8 Å². The van der Waals surface area contributed by atoms with Crippen molar-refractivity contribution in [3.8, 4) is 17.0 Å². The van der Waals surface area contributed by atoms with Gasteiger partial charge in [-0.2, -0.15) is 0 Å². The van der Waals surface area contributed by atoms with Crippen LogP contribution in [0.4, 0.5) is 23.0 Å². The van der Waals surface area contributed by atoms with Gasteiger partial charge in [-0.1, -0.05) is 17.3 Å². The first kappa shape index (κ1) is 22.1. The Bertz CT molecular complexity index is 1750. The summed E-state index contributed by atoms with van der Waals surface area (Å²) in [5.41, 5.74) is 7.10. The molecule has 5 aromatic rings. The number of anilines is 4. The van der Waals surface area contributed by atoms with Gasteiger partial charge in [0.1, 0.15) is 12.4 Å². The second-order valence-corrected chi connectivity index (χ2v) is 10.2. The maximum absolute atomic E-state index is 6.27. The quantitative estimate of drug-likeness (QED) is 0.387. The maximum Gasteiger partial charge on any atom is 0.180 e. The van der Waals surface area contributed by atoms with Crippen LogP contribution in [0.2, 0.25) is 0 Å². The zero-order valence-electron chi connectivity index (χ0n) is 21.4. The topological polar surface area (TPSA) is 101 Å². The number of aromatic nitrogens is 6. The summed E-state index contributed by atoms with van der Waals surface area (Å²) in [6, 6.07) is 12.9. The summed E-state index contributed by atoms with van der Waals surface area (Å²) in [6.45, 7) is 3.97. The van der Waals surface area contributed by atoms with Crippen LogP contribution in [-0.4, -0.2) is 67.9 Å². The van der Waals surface area contributed by atoms with E-state index in [1.54, 1.807) is 10.9 Å². The van der Waals surface area contributed by atoms with Crippen molar-refractivity contribution >= 4 is 34.9 Å². The molecule has 1 atom stereocenters. The standard InChI is InChI=1S/C28H26N10O/c1-35-16-26(33-34-35)36-8-9-38-22(14-36)17-39-25-11-21(4-5-24(25)38)31-27-28-30-6-7-37(28)15-23(32-27)18-2-3-19-12-29-13-20(19)10-18/h2-7,10-12,15-16,22H,8-9,13-14,17H2,1H3,(H,31,32). The van der Waals surface area contributed by atoms with Crippen LogP contribution in [0.1, 0.15) is 11.1 Å². The predicted molar refractivity (Wildman–Crippen MR) is 149 cm³/mol. The third-order valence-corrected chi connectivity index (χ3v) is 7.67. The molecule has 2 aromatic carbocycles. The van der Waals surface area contributed by atoms with Crippen molar-refractivity contribution in [2.45, 2.75) is 12.6 Å². The maximum atomic E-state index is 6.27. The monoisotopic (exact) mass is 518 g/mol. The van der Waals surface area contributed by atoms with Crippen molar-refractivity contribution in [3.63, 3.8) is 0 Å². The molecule has 0 aliphatic carbocycles. The second kappa shape index (κ2) is 8.55. The molecule has 3 aliphatic rings. The van der Waals surface area contributed by atoms with Crippen molar-refractivity contribution in [2.75, 3.05) is 41.4 Å². The molecule has 11 nitrogen and oxygen atoms in total. The van der Waals surface area contributed by atoms with Gasteiger partial charge < -0.3 is 24.3 Å². The van der Waals surface area contributed by atoms with Gasteiger partial charge in [-0.25, -0.2) is 9.97 Å². The number of fused-ring (bicyclic) bond motifs is 5. The van der Waals surface area contributed by atoms with Gasteiger partial charge >= 0.3 is 0 Å². The van der Waals surface area contributed by atoms with E-state index in [-0.39, 0.29) is 6.04 Å². The average Bonchev–Trinajstić information content (AvgIpc) is 3.73. The molecule has 194 valence electrons. The number of ether oxygens (including phenoxy) is 1. The van der Waals surface area contributed by atoms with Gasteiger partial charge in [0.2, 0.25) is 0 Å². The highest BCUT2D eigenvalue weighted by atomic mass is 16.5. The second-order valence-electron chi connectivity index (χ2n) is 10.2. The number of nitrogens with one attached hydrogen (secondary N) is 1. The molecule has 6 heterocycles. The first-order chi connectivity index (χ1) is 19.2. The SMILES string of the molecule is Cn1cc(N2CCN3c4ccc(Nc5nc(-c6ccc7c(c6)CN=C7)cn6ccnc56)cc4OCC3C2)nn1. The fourth-order valence-electron chi connectivity index (χ4n) is 5.70. The van der Waals surface area contributed by atoms with E-state index in [1.807, 2.05) is 36.3 Å². The third kappa shape index (κ3) is 3.77. The molecular weight excluding hydrogens is 492 g/mol. The van der Waals surface area contributed by atoms with Crippen molar-refractivity contribution < 1.29 is 4.74 Å². The van der Waals surface area contributed by atoms with Crippen molar-refractivity contribution in [1.82, 2.24) is 29.4 Å². The van der Waals surface area contributed by atoms with Crippen LogP contribution >= 0.6 is 0 Å². The molecule has 0 amide bonds. The Morgan fingerprint density at radius 3 is 2.97 bits per heavy atom. The largest absolute Gasteiger partial charge is 0.489 e. The lowest BCUT2D eigenvalue weighted by molar-refractivity contribution is 0.254. The lowest BCUT2D eigenvalue weighted by atomic mass is 10.0. The Morgan fingerprint density at radius 1 is 1.08 bits per heavy atom. The van der Waals surface area contributed by atoms with Gasteiger partial charge in [-0.15, -0.1) is 5.10 Å². The van der Waals surface area contributed by atoms with E-state index in [4.69, 9.17) is 9.72 Å². The first-order valence-electron chi connectivity index (χ1n) is 13.1. The van der Waals surface area contributed by atoms with Gasteiger partial charge in [-0.05, 0) is 29.3 Å². The van der Waals surface area contributed by atoms with Crippen LogP contribution in [0.25, 0.3) is 16.9 Å². The molecular formula is C28H26N10O. The van der Waals surface area contributed by atoms with Crippen molar-refractivity contribution in [1.29, 1.82) is 0 Å². The van der Waals surface area contributed by atoms with Crippen LogP contribution in [0.3, 0.4) is 0 Å². The fourth-order valence-corrected chi connectivity index (χ4v) is 5.70. The Hall–Kier alpha value is -4.93. The van der Waals surface area contributed by atoms with Gasteiger partial charge in [0, 0.05) is 68.8 Å². The van der Waals surface area contributed by atoms with Crippen LogP contribution in [0.15, 0.2) is 66.2 Å². The molecule has 1 saturated heterocycles. The molecule has 3 aromatic heterocycles. The normalized spacial score (nSPS) is 17.6. The molecule has 3 aliphatic heterocycles. The molecule has 1 fully saturated rings. The van der Waals surface area contributed by atoms with Crippen LogP contribution in [-0.2, 0) is 13.6 Å². The fraction of sp³-hybridized carbons (Fsp3) is 0.250. The molecule has 8 rings (SSSR count). The number of hydrogen-bond acceptors (Lipinski definition) is 9. The Morgan fingerprint density at radius 2 is 2.05 bits per heavy atom. The number of rotatable bonds is 4. The Labute approximate surface area is 224 Å². The minimum atomic E-state index is 0.257. The summed E-state index contributed by atoms with van der Waals surface area (Å²) in [7, 11) is 1.89. The smallest absolute Gasteiger partial charge is 0.180 e. The van der Waals surface area contributed by atoms with Gasteiger partial charge in [0.05, 0.1) is 30.2 Å². The van der Waals surface area contributed by atoms with Crippen LogP contribution < -0.4 is 19.9 Å². The summed E-state index contributed by atoms with van der Waals surface area (Å²) in [5, 5.41) is 11.9. The number of piperazine rings is 1. The van der Waals surface area contributed by atoms with E-state index in [1.165, 1.54) is 11.1 Å². The molecule has 0 saturated carbocycles. The van der Waals surface area contributed by atoms with Crippen molar-refractivity contribution in [3.05, 3.63) is 72.3 Å². The predicted octanol–water partition coefficient (Wildman–Crippen LogP) is 3.29. The zero-order chi connectivity index (χ0) is 25.9. The summed E-state index contributed by atoms with van der Waals surface area (Å²) in [6.07, 6.45) is 9.64. The van der Waals surface area contributed by atoms with E-state index < -0.39 is 0 Å². The van der Waals surface area contributed by atoms with Gasteiger partial charge in [0.25, 0.3) is 0 Å². The number of benzene rings is 2. The minimum absolute atomic E-state index is 0.257. The summed E-state index contributed by atoms with van der Waals surface area (Å²) >= 11 is 0. The molecule has 0 radical (unpaired) electrons. The van der Waals surface area contributed by atoms with E-state index >= 15 is 0 Å². The summed E-state index contributed by atoms with van der Waals surface area (Å²) < 4.78 is 10.0. The molecule has 39 heavy (non-hydrogen) atoms. The lowest BCUT2D eigenvalue weighted by Crippen LogP contribution is -2.57. The number of imidazole rings is 1. The van der Waals surface area contributed by atoms with Gasteiger partial charge in [0.15, 0.2) is 17.3 Å². The Balaban J connectivity index is 1.07. The number of aliphatic imine (C=N–C) groups is 1. The first-order valence-corrected chi connectivity index (χ1v) is 13.1. The van der Waals surface area contributed by atoms with Crippen molar-refractivity contribution in [2.24, 2.45) is 12.0 Å². The van der Waals surface area contributed by atoms with Gasteiger partial charge in [-0.3, -0.25) is 9.67 Å². The minimum Gasteiger partial charge on any atom is -0.489 e. The van der Waals surface area contributed by atoms with E-state index in [0.29, 0.717) is 19.0 Å². The number of nitrogens with zero attached hydrogens (tertiary/aromatic N) is 9. The Kier molecular flexibility index (Phi) is 4.84. The summed E-state index contributed by atoms with van der Waals surface area (Å²) in [4.78, 5) is 18.6. The number of aryl methyl sites for hydroxylation is 1. The number of hydrogen-bond donors (Lipinski definition) is 1. The molecule has 0 bridgehead atoms. The van der Waals surface area contributed by atoms with E-state index in [9.17, 15) is 0 Å².